The number of hydrogen-bond acceptors (Lipinski definition) is 4. The van der Waals surface area contributed by atoms with Crippen LogP contribution in [-0.4, -0.2) is 61.7 Å². The molecule has 1 unspecified atom stereocenters. The zero-order valence-corrected chi connectivity index (χ0v) is 14.3. The maximum atomic E-state index is 12.1. The van der Waals surface area contributed by atoms with Crippen molar-refractivity contribution < 1.29 is 9.53 Å². The fourth-order valence-corrected chi connectivity index (χ4v) is 3.75. The molecule has 122 valence electrons. The quantitative estimate of drug-likeness (QED) is 0.815. The molecule has 4 nitrogen and oxygen atoms in total. The summed E-state index contributed by atoms with van der Waals surface area (Å²) in [6, 6.07) is 0. The van der Waals surface area contributed by atoms with Gasteiger partial charge in [0.05, 0.1) is 18.5 Å². The number of amides is 1. The zero-order chi connectivity index (χ0) is 15.1. The van der Waals surface area contributed by atoms with Gasteiger partial charge in [-0.25, -0.2) is 0 Å². The number of hydrogen-bond donors (Lipinski definition) is 1. The third kappa shape index (κ3) is 5.15. The highest BCUT2D eigenvalue weighted by Gasteiger charge is 2.35. The molecule has 5 heteroatoms. The Labute approximate surface area is 133 Å². The number of carbonyl (C=O) groups excluding carboxylic acids is 1. The average molecular weight is 314 g/mol. The molecule has 0 aromatic rings. The van der Waals surface area contributed by atoms with Crippen LogP contribution in [0.25, 0.3) is 0 Å². The van der Waals surface area contributed by atoms with Crippen LogP contribution in [0.3, 0.4) is 0 Å². The first-order valence-corrected chi connectivity index (χ1v) is 9.55. The van der Waals surface area contributed by atoms with Crippen molar-refractivity contribution in [2.45, 2.75) is 44.3 Å². The van der Waals surface area contributed by atoms with E-state index in [2.05, 4.69) is 10.2 Å². The van der Waals surface area contributed by atoms with Crippen LogP contribution in [0.2, 0.25) is 0 Å². The van der Waals surface area contributed by atoms with Gasteiger partial charge in [-0.15, -0.1) is 0 Å². The number of thioether (sulfide) groups is 1. The molecule has 0 aromatic heterocycles. The van der Waals surface area contributed by atoms with E-state index in [1.54, 1.807) is 11.8 Å². The summed E-state index contributed by atoms with van der Waals surface area (Å²) < 4.78 is 5.45. The Kier molecular flexibility index (Phi) is 6.83. The van der Waals surface area contributed by atoms with Crippen LogP contribution in [0.1, 0.15) is 39.0 Å². The van der Waals surface area contributed by atoms with E-state index in [0.717, 1.165) is 39.4 Å². The van der Waals surface area contributed by atoms with Crippen LogP contribution in [0, 0.1) is 5.41 Å². The van der Waals surface area contributed by atoms with E-state index in [-0.39, 0.29) is 16.6 Å². The van der Waals surface area contributed by atoms with E-state index < -0.39 is 0 Å². The highest BCUT2D eigenvalue weighted by Crippen LogP contribution is 2.36. The lowest BCUT2D eigenvalue weighted by atomic mass is 9.73. The van der Waals surface area contributed by atoms with E-state index in [4.69, 9.17) is 4.74 Å². The van der Waals surface area contributed by atoms with Gasteiger partial charge in [-0.1, -0.05) is 19.3 Å². The van der Waals surface area contributed by atoms with Gasteiger partial charge >= 0.3 is 0 Å². The molecular formula is C16H30N2O2S. The maximum absolute atomic E-state index is 12.1. The van der Waals surface area contributed by atoms with Gasteiger partial charge in [-0.2, -0.15) is 11.8 Å². The van der Waals surface area contributed by atoms with Crippen LogP contribution in [0.15, 0.2) is 0 Å². The zero-order valence-electron chi connectivity index (χ0n) is 13.5. The molecular weight excluding hydrogens is 284 g/mol. The lowest BCUT2D eigenvalue weighted by Crippen LogP contribution is -2.50. The lowest BCUT2D eigenvalue weighted by Gasteiger charge is -2.42. The van der Waals surface area contributed by atoms with Crippen molar-refractivity contribution in [1.29, 1.82) is 0 Å². The highest BCUT2D eigenvalue weighted by molar-refractivity contribution is 7.99. The Balaban J connectivity index is 1.90. The van der Waals surface area contributed by atoms with Gasteiger partial charge in [0.25, 0.3) is 0 Å². The molecule has 1 saturated carbocycles. The summed E-state index contributed by atoms with van der Waals surface area (Å²) in [7, 11) is 0. The predicted molar refractivity (Wildman–Crippen MR) is 88.8 cm³/mol. The molecule has 2 aliphatic rings. The average Bonchev–Trinajstić information content (AvgIpc) is 2.53. The maximum Gasteiger partial charge on any atom is 0.232 e. The Morgan fingerprint density at radius 1 is 1.29 bits per heavy atom. The van der Waals surface area contributed by atoms with Crippen molar-refractivity contribution in [2.75, 3.05) is 45.6 Å². The van der Waals surface area contributed by atoms with Crippen molar-refractivity contribution in [2.24, 2.45) is 5.41 Å². The third-order valence-corrected chi connectivity index (χ3v) is 5.86. The molecule has 0 radical (unpaired) electrons. The number of nitrogens with one attached hydrogen (secondary N) is 1. The predicted octanol–water partition coefficient (Wildman–Crippen LogP) is 2.14. The molecule has 0 spiro atoms. The highest BCUT2D eigenvalue weighted by atomic mass is 32.2. The molecule has 1 heterocycles. The first kappa shape index (κ1) is 17.1. The minimum atomic E-state index is 0.0500. The number of rotatable bonds is 6. The van der Waals surface area contributed by atoms with Gasteiger partial charge in [-0.05, 0) is 26.0 Å². The topological polar surface area (TPSA) is 41.6 Å². The van der Waals surface area contributed by atoms with E-state index in [1.165, 1.54) is 32.1 Å². The van der Waals surface area contributed by atoms with Crippen molar-refractivity contribution in [3.8, 4) is 0 Å². The van der Waals surface area contributed by atoms with E-state index in [1.807, 2.05) is 13.2 Å². The van der Waals surface area contributed by atoms with Crippen molar-refractivity contribution in [1.82, 2.24) is 10.2 Å². The molecule has 1 aliphatic carbocycles. The Hall–Kier alpha value is -0.260. The fourth-order valence-electron chi connectivity index (χ4n) is 3.45. The number of nitrogens with zero attached hydrogens (tertiary/aromatic N) is 1. The fraction of sp³-hybridized carbons (Fsp3) is 0.938. The second kappa shape index (κ2) is 8.39. The first-order valence-electron chi connectivity index (χ1n) is 8.26. The van der Waals surface area contributed by atoms with Crippen LogP contribution in [-0.2, 0) is 9.53 Å². The molecule has 0 bridgehead atoms. The van der Waals surface area contributed by atoms with Gasteiger partial charge in [0, 0.05) is 31.6 Å². The van der Waals surface area contributed by atoms with Crippen LogP contribution in [0.5, 0.6) is 0 Å². The van der Waals surface area contributed by atoms with Crippen molar-refractivity contribution >= 4 is 17.7 Å². The summed E-state index contributed by atoms with van der Waals surface area (Å²) in [4.78, 5) is 14.6. The van der Waals surface area contributed by atoms with Crippen molar-refractivity contribution in [3.05, 3.63) is 0 Å². The first-order chi connectivity index (χ1) is 10.2. The summed E-state index contributed by atoms with van der Waals surface area (Å²) >= 11 is 1.62. The Bertz CT molecular complexity index is 326. The molecule has 1 N–H and O–H groups in total. The van der Waals surface area contributed by atoms with Gasteiger partial charge in [0.1, 0.15) is 0 Å². The SMILES string of the molecule is CSC(C)C(=O)NCC1(CN2CCOCC2)CCCCC1. The standard InChI is InChI=1S/C16H30N2O2S/c1-14(21-2)15(19)17-12-16(6-4-3-5-7-16)13-18-8-10-20-11-9-18/h14H,3-13H2,1-2H3,(H,17,19). The third-order valence-electron chi connectivity index (χ3n) is 4.94. The summed E-state index contributed by atoms with van der Waals surface area (Å²) in [5, 5.41) is 3.27. The van der Waals surface area contributed by atoms with Crippen LogP contribution >= 0.6 is 11.8 Å². The van der Waals surface area contributed by atoms with Gasteiger partial charge in [0.15, 0.2) is 0 Å². The molecule has 21 heavy (non-hydrogen) atoms. The number of ether oxygens (including phenoxy) is 1. The second-order valence-electron chi connectivity index (χ2n) is 6.54. The molecule has 0 aromatic carbocycles. The molecule has 2 rings (SSSR count). The molecule has 1 aliphatic heterocycles. The Morgan fingerprint density at radius 3 is 2.57 bits per heavy atom. The summed E-state index contributed by atoms with van der Waals surface area (Å²) in [6.45, 7) is 7.72. The minimum absolute atomic E-state index is 0.0500. The van der Waals surface area contributed by atoms with Crippen LogP contribution in [0.4, 0.5) is 0 Å². The molecule has 2 fully saturated rings. The summed E-state index contributed by atoms with van der Waals surface area (Å²) in [6.07, 6.45) is 8.45. The molecule has 1 amide bonds. The summed E-state index contributed by atoms with van der Waals surface area (Å²) in [5.41, 5.74) is 0.281. The Morgan fingerprint density at radius 2 is 1.95 bits per heavy atom. The number of morpholine rings is 1. The van der Waals surface area contributed by atoms with E-state index in [9.17, 15) is 4.79 Å². The molecule has 1 saturated heterocycles. The van der Waals surface area contributed by atoms with Gasteiger partial charge in [0.2, 0.25) is 5.91 Å². The van der Waals surface area contributed by atoms with Crippen LogP contribution < -0.4 is 5.32 Å². The van der Waals surface area contributed by atoms with Gasteiger partial charge < -0.3 is 10.1 Å². The smallest absolute Gasteiger partial charge is 0.232 e. The lowest BCUT2D eigenvalue weighted by molar-refractivity contribution is -0.121. The second-order valence-corrected chi connectivity index (χ2v) is 7.72. The normalized spacial score (nSPS) is 24.5. The number of carbonyl (C=O) groups is 1. The largest absolute Gasteiger partial charge is 0.379 e. The van der Waals surface area contributed by atoms with Crippen molar-refractivity contribution in [3.63, 3.8) is 0 Å². The van der Waals surface area contributed by atoms with E-state index >= 15 is 0 Å². The summed E-state index contributed by atoms with van der Waals surface area (Å²) in [5.74, 6) is 0.189. The molecule has 1 atom stereocenters. The minimum Gasteiger partial charge on any atom is -0.379 e. The van der Waals surface area contributed by atoms with E-state index in [0.29, 0.717) is 0 Å². The van der Waals surface area contributed by atoms with Gasteiger partial charge in [-0.3, -0.25) is 9.69 Å². The monoisotopic (exact) mass is 314 g/mol.